The smallest absolute Gasteiger partial charge is 0.255 e. The molecular weight excluding hydrogens is 428 g/mol. The molecular formula is C24H21BrN2O2. The molecule has 0 bridgehead atoms. The summed E-state index contributed by atoms with van der Waals surface area (Å²) in [5.41, 5.74) is 7.15. The molecule has 1 amide bonds. The van der Waals surface area contributed by atoms with Gasteiger partial charge in [-0.3, -0.25) is 4.79 Å². The molecule has 0 atom stereocenters. The van der Waals surface area contributed by atoms with Crippen LogP contribution in [0.4, 0.5) is 5.69 Å². The molecule has 1 N–H and O–H groups in total. The molecule has 146 valence electrons. The van der Waals surface area contributed by atoms with Crippen LogP contribution < -0.4 is 5.32 Å². The summed E-state index contributed by atoms with van der Waals surface area (Å²) in [6.07, 6.45) is 0.936. The van der Waals surface area contributed by atoms with Crippen LogP contribution >= 0.6 is 15.9 Å². The van der Waals surface area contributed by atoms with E-state index in [4.69, 9.17) is 4.42 Å². The first-order valence-corrected chi connectivity index (χ1v) is 10.3. The van der Waals surface area contributed by atoms with Crippen molar-refractivity contribution in [3.63, 3.8) is 0 Å². The second kappa shape index (κ2) is 7.84. The van der Waals surface area contributed by atoms with E-state index in [9.17, 15) is 4.79 Å². The van der Waals surface area contributed by atoms with Gasteiger partial charge in [0.1, 0.15) is 5.52 Å². The second-order valence-corrected chi connectivity index (χ2v) is 8.06. The summed E-state index contributed by atoms with van der Waals surface area (Å²) in [6.45, 7) is 6.08. The van der Waals surface area contributed by atoms with Gasteiger partial charge in [0.2, 0.25) is 5.89 Å². The summed E-state index contributed by atoms with van der Waals surface area (Å²) in [4.78, 5) is 17.2. The SMILES string of the molecule is CCc1cc(Br)c2oc(-c3ccc(NC(=O)c4cc(C)cc(C)c4)cc3)nc2c1. The van der Waals surface area contributed by atoms with E-state index < -0.39 is 0 Å². The van der Waals surface area contributed by atoms with Gasteiger partial charge in [-0.15, -0.1) is 0 Å². The van der Waals surface area contributed by atoms with Crippen LogP contribution in [0.1, 0.15) is 34.0 Å². The number of halogens is 1. The van der Waals surface area contributed by atoms with E-state index in [0.717, 1.165) is 44.4 Å². The lowest BCUT2D eigenvalue weighted by molar-refractivity contribution is 0.102. The fourth-order valence-electron chi connectivity index (χ4n) is 3.38. The second-order valence-electron chi connectivity index (χ2n) is 7.21. The number of amides is 1. The summed E-state index contributed by atoms with van der Waals surface area (Å²) < 4.78 is 6.86. The molecule has 0 aliphatic heterocycles. The molecule has 29 heavy (non-hydrogen) atoms. The maximum atomic E-state index is 12.5. The number of anilines is 1. The maximum absolute atomic E-state index is 12.5. The van der Waals surface area contributed by atoms with Crippen LogP contribution in [-0.2, 0) is 6.42 Å². The molecule has 0 aliphatic rings. The van der Waals surface area contributed by atoms with Gasteiger partial charge < -0.3 is 9.73 Å². The Labute approximate surface area is 178 Å². The molecule has 0 spiro atoms. The molecule has 0 saturated carbocycles. The molecule has 5 heteroatoms. The number of nitrogens with zero attached hydrogens (tertiary/aromatic N) is 1. The van der Waals surface area contributed by atoms with Crippen LogP contribution in [0.25, 0.3) is 22.6 Å². The molecule has 0 radical (unpaired) electrons. The third-order valence-corrected chi connectivity index (χ3v) is 5.38. The Morgan fingerprint density at radius 3 is 2.38 bits per heavy atom. The lowest BCUT2D eigenvalue weighted by atomic mass is 10.1. The van der Waals surface area contributed by atoms with Crippen molar-refractivity contribution < 1.29 is 9.21 Å². The molecule has 0 fully saturated rings. The zero-order chi connectivity index (χ0) is 20.5. The Balaban J connectivity index is 1.57. The Morgan fingerprint density at radius 2 is 1.72 bits per heavy atom. The molecule has 3 aromatic carbocycles. The minimum absolute atomic E-state index is 0.123. The van der Waals surface area contributed by atoms with Crippen molar-refractivity contribution >= 4 is 38.6 Å². The van der Waals surface area contributed by atoms with E-state index in [1.165, 1.54) is 5.56 Å². The van der Waals surface area contributed by atoms with Crippen molar-refractivity contribution in [3.05, 3.63) is 81.3 Å². The fraction of sp³-hybridized carbons (Fsp3) is 0.167. The van der Waals surface area contributed by atoms with Gasteiger partial charge in [0, 0.05) is 16.8 Å². The third kappa shape index (κ3) is 4.10. The number of nitrogens with one attached hydrogen (secondary N) is 1. The van der Waals surface area contributed by atoms with Crippen LogP contribution in [-0.4, -0.2) is 10.9 Å². The summed E-state index contributed by atoms with van der Waals surface area (Å²) in [5, 5.41) is 2.94. The molecule has 0 aliphatic carbocycles. The van der Waals surface area contributed by atoms with Crippen molar-refractivity contribution in [1.29, 1.82) is 0 Å². The largest absolute Gasteiger partial charge is 0.435 e. The first kappa shape index (κ1) is 19.4. The highest BCUT2D eigenvalue weighted by Crippen LogP contribution is 2.31. The minimum Gasteiger partial charge on any atom is -0.435 e. The van der Waals surface area contributed by atoms with Crippen LogP contribution in [0.3, 0.4) is 0 Å². The summed E-state index contributed by atoms with van der Waals surface area (Å²) in [7, 11) is 0. The van der Waals surface area contributed by atoms with E-state index in [-0.39, 0.29) is 5.91 Å². The standard InChI is InChI=1S/C24H21BrN2O2/c1-4-16-12-20(25)22-21(13-16)27-24(29-22)17-5-7-19(8-6-17)26-23(28)18-10-14(2)9-15(3)11-18/h5-13H,4H2,1-3H3,(H,26,28). The number of fused-ring (bicyclic) bond motifs is 1. The average molecular weight is 449 g/mol. The number of aromatic nitrogens is 1. The molecule has 0 unspecified atom stereocenters. The maximum Gasteiger partial charge on any atom is 0.255 e. The van der Waals surface area contributed by atoms with Crippen molar-refractivity contribution in [2.75, 3.05) is 5.32 Å². The minimum atomic E-state index is -0.123. The fourth-order valence-corrected chi connectivity index (χ4v) is 3.96. The van der Waals surface area contributed by atoms with Gasteiger partial charge in [-0.2, -0.15) is 0 Å². The molecule has 1 aromatic heterocycles. The number of oxazole rings is 1. The average Bonchev–Trinajstić information content (AvgIpc) is 3.12. The van der Waals surface area contributed by atoms with Gasteiger partial charge in [0.25, 0.3) is 5.91 Å². The van der Waals surface area contributed by atoms with E-state index >= 15 is 0 Å². The lowest BCUT2D eigenvalue weighted by Gasteiger charge is -2.07. The first-order valence-electron chi connectivity index (χ1n) is 9.52. The normalized spacial score (nSPS) is 11.0. The summed E-state index contributed by atoms with van der Waals surface area (Å²) in [6, 6.07) is 17.4. The molecule has 0 saturated heterocycles. The number of benzene rings is 3. The Kier molecular flexibility index (Phi) is 5.24. The van der Waals surface area contributed by atoms with Gasteiger partial charge in [0.05, 0.1) is 4.47 Å². The number of rotatable bonds is 4. The van der Waals surface area contributed by atoms with E-state index in [1.807, 2.05) is 62.4 Å². The Morgan fingerprint density at radius 1 is 1.03 bits per heavy atom. The summed E-state index contributed by atoms with van der Waals surface area (Å²) >= 11 is 3.56. The number of hydrogen-bond acceptors (Lipinski definition) is 3. The van der Waals surface area contributed by atoms with E-state index in [0.29, 0.717) is 11.5 Å². The highest BCUT2D eigenvalue weighted by molar-refractivity contribution is 9.10. The van der Waals surface area contributed by atoms with Gasteiger partial charge in [-0.25, -0.2) is 4.98 Å². The monoisotopic (exact) mass is 448 g/mol. The lowest BCUT2D eigenvalue weighted by Crippen LogP contribution is -2.12. The molecule has 4 aromatic rings. The highest BCUT2D eigenvalue weighted by Gasteiger charge is 2.13. The number of carbonyl (C=O) groups excluding carboxylic acids is 1. The quantitative estimate of drug-likeness (QED) is 0.378. The van der Waals surface area contributed by atoms with E-state index in [1.54, 1.807) is 0 Å². The van der Waals surface area contributed by atoms with E-state index in [2.05, 4.69) is 39.2 Å². The van der Waals surface area contributed by atoms with Crippen LogP contribution in [0.5, 0.6) is 0 Å². The van der Waals surface area contributed by atoms with Crippen LogP contribution in [0, 0.1) is 13.8 Å². The van der Waals surface area contributed by atoms with Crippen LogP contribution in [0.2, 0.25) is 0 Å². The number of carbonyl (C=O) groups is 1. The van der Waals surface area contributed by atoms with Crippen LogP contribution in [0.15, 0.2) is 63.5 Å². The van der Waals surface area contributed by atoms with Crippen molar-refractivity contribution in [3.8, 4) is 11.5 Å². The summed E-state index contributed by atoms with van der Waals surface area (Å²) in [5.74, 6) is 0.434. The first-order chi connectivity index (χ1) is 13.9. The Hall–Kier alpha value is -2.92. The van der Waals surface area contributed by atoms with Crippen molar-refractivity contribution in [2.45, 2.75) is 27.2 Å². The predicted octanol–water partition coefficient (Wildman–Crippen LogP) is 6.69. The topological polar surface area (TPSA) is 55.1 Å². The van der Waals surface area contributed by atoms with Gasteiger partial charge in [0.15, 0.2) is 5.58 Å². The molecule has 4 rings (SSSR count). The Bertz CT molecular complexity index is 1190. The van der Waals surface area contributed by atoms with Gasteiger partial charge >= 0.3 is 0 Å². The molecule has 1 heterocycles. The third-order valence-electron chi connectivity index (χ3n) is 4.79. The zero-order valence-corrected chi connectivity index (χ0v) is 18.1. The zero-order valence-electron chi connectivity index (χ0n) is 16.5. The number of hydrogen-bond donors (Lipinski definition) is 1. The predicted molar refractivity (Wildman–Crippen MR) is 120 cm³/mol. The molecule has 4 nitrogen and oxygen atoms in total. The van der Waals surface area contributed by atoms with Gasteiger partial charge in [-0.05, 0) is 90.3 Å². The van der Waals surface area contributed by atoms with Crippen molar-refractivity contribution in [2.24, 2.45) is 0 Å². The van der Waals surface area contributed by atoms with Gasteiger partial charge in [-0.1, -0.05) is 24.1 Å². The van der Waals surface area contributed by atoms with Crippen molar-refractivity contribution in [1.82, 2.24) is 4.98 Å². The number of aryl methyl sites for hydroxylation is 3. The highest BCUT2D eigenvalue weighted by atomic mass is 79.9.